The quantitative estimate of drug-likeness (QED) is 0.594. The normalized spacial score (nSPS) is 18.9. The van der Waals surface area contributed by atoms with Crippen molar-refractivity contribution in [2.24, 2.45) is 0 Å². The van der Waals surface area contributed by atoms with Gasteiger partial charge in [0.2, 0.25) is 0 Å². The zero-order chi connectivity index (χ0) is 20.5. The van der Waals surface area contributed by atoms with Crippen molar-refractivity contribution in [3.63, 3.8) is 0 Å². The average Bonchev–Trinajstić information content (AvgIpc) is 3.20. The molecule has 1 aliphatic rings. The molecule has 150 valence electrons. The van der Waals surface area contributed by atoms with Crippen LogP contribution in [0.2, 0.25) is 0 Å². The fourth-order valence-corrected chi connectivity index (χ4v) is 4.74. The Morgan fingerprint density at radius 1 is 1.07 bits per heavy atom. The summed E-state index contributed by atoms with van der Waals surface area (Å²) >= 11 is 5.73. The van der Waals surface area contributed by atoms with Crippen LogP contribution in [0.1, 0.15) is 53.6 Å². The number of hydrogen-bond acceptors (Lipinski definition) is 2. The minimum atomic E-state index is 0.0437. The molecule has 3 aromatic rings. The molecule has 1 fully saturated rings. The lowest BCUT2D eigenvalue weighted by molar-refractivity contribution is 0.316. The molecule has 1 saturated heterocycles. The van der Waals surface area contributed by atoms with Crippen LogP contribution in [0.4, 0.5) is 0 Å². The molecular weight excluding hydrogens is 376 g/mol. The van der Waals surface area contributed by atoms with Gasteiger partial charge < -0.3 is 14.8 Å². The van der Waals surface area contributed by atoms with Crippen LogP contribution < -0.4 is 5.32 Å². The molecule has 4 rings (SSSR count). The summed E-state index contributed by atoms with van der Waals surface area (Å²) in [6.45, 7) is 9.63. The van der Waals surface area contributed by atoms with E-state index in [1.165, 1.54) is 28.2 Å². The van der Waals surface area contributed by atoms with Crippen LogP contribution in [0, 0.1) is 20.8 Å². The highest BCUT2D eigenvalue weighted by molar-refractivity contribution is 7.80. The van der Waals surface area contributed by atoms with Crippen molar-refractivity contribution < 1.29 is 0 Å². The molecule has 0 unspecified atom stereocenters. The molecule has 2 atom stereocenters. The van der Waals surface area contributed by atoms with Gasteiger partial charge in [-0.1, -0.05) is 30.7 Å². The summed E-state index contributed by atoms with van der Waals surface area (Å²) in [4.78, 5) is 6.97. The maximum absolute atomic E-state index is 5.73. The van der Waals surface area contributed by atoms with E-state index >= 15 is 0 Å². The third kappa shape index (κ3) is 3.55. The predicted octanol–water partition coefficient (Wildman–Crippen LogP) is 5.18. The lowest BCUT2D eigenvalue weighted by Gasteiger charge is -2.27. The van der Waals surface area contributed by atoms with Gasteiger partial charge in [-0.25, -0.2) is 0 Å². The van der Waals surface area contributed by atoms with Crippen molar-refractivity contribution in [2.45, 2.75) is 46.2 Å². The van der Waals surface area contributed by atoms with Gasteiger partial charge >= 0.3 is 0 Å². The highest BCUT2D eigenvalue weighted by Crippen LogP contribution is 2.41. The molecule has 4 nitrogen and oxygen atoms in total. The maximum atomic E-state index is 5.73. The summed E-state index contributed by atoms with van der Waals surface area (Å²) in [6.07, 6.45) is 2.90. The van der Waals surface area contributed by atoms with Crippen molar-refractivity contribution in [2.75, 3.05) is 6.54 Å². The summed E-state index contributed by atoms with van der Waals surface area (Å²) < 4.78 is 2.34. The number of thiocarbonyl (C=S) groups is 1. The molecule has 0 bridgehead atoms. The number of nitrogens with zero attached hydrogens (tertiary/aromatic N) is 3. The Morgan fingerprint density at radius 2 is 1.83 bits per heavy atom. The van der Waals surface area contributed by atoms with Gasteiger partial charge in [-0.05, 0) is 75.3 Å². The summed E-state index contributed by atoms with van der Waals surface area (Å²) in [5, 5.41) is 4.36. The summed E-state index contributed by atoms with van der Waals surface area (Å²) in [5.41, 5.74) is 7.28. The standard InChI is InChI=1S/C24H28N4S/c1-5-14-27-23(22(26-24(27)29)21-8-6-7-13-25-21)20-15-17(3)28(18(20)4)19-11-9-16(2)10-12-19/h6-13,15,22-23H,5,14H2,1-4H3,(H,26,29)/t22-,23+/m0/s1. The van der Waals surface area contributed by atoms with E-state index in [0.717, 1.165) is 23.8 Å². The number of hydrogen-bond donors (Lipinski definition) is 1. The Morgan fingerprint density at radius 3 is 2.48 bits per heavy atom. The zero-order valence-corrected chi connectivity index (χ0v) is 18.3. The van der Waals surface area contributed by atoms with Gasteiger partial charge in [-0.3, -0.25) is 4.98 Å². The molecule has 0 amide bonds. The molecule has 0 radical (unpaired) electrons. The third-order valence-electron chi connectivity index (χ3n) is 5.74. The SMILES string of the molecule is CCCN1C(=S)N[C@@H](c2ccccn2)[C@H]1c1cc(C)n(-c2ccc(C)cc2)c1C. The molecule has 1 aliphatic heterocycles. The number of rotatable bonds is 5. The number of benzene rings is 1. The lowest BCUT2D eigenvalue weighted by atomic mass is 9.96. The number of aryl methyl sites for hydroxylation is 2. The molecule has 0 spiro atoms. The maximum Gasteiger partial charge on any atom is 0.170 e. The van der Waals surface area contributed by atoms with E-state index < -0.39 is 0 Å². The van der Waals surface area contributed by atoms with Gasteiger partial charge in [0.05, 0.1) is 17.8 Å². The second-order valence-electron chi connectivity index (χ2n) is 7.82. The molecular formula is C24H28N4S. The highest BCUT2D eigenvalue weighted by atomic mass is 32.1. The number of pyridine rings is 1. The van der Waals surface area contributed by atoms with Crippen molar-refractivity contribution in [1.29, 1.82) is 0 Å². The Balaban J connectivity index is 1.82. The Bertz CT molecular complexity index is 1010. The molecule has 0 saturated carbocycles. The van der Waals surface area contributed by atoms with Crippen LogP contribution in [-0.2, 0) is 0 Å². The third-order valence-corrected chi connectivity index (χ3v) is 6.10. The largest absolute Gasteiger partial charge is 0.352 e. The molecule has 2 aromatic heterocycles. The van der Waals surface area contributed by atoms with Gasteiger partial charge in [0.15, 0.2) is 5.11 Å². The van der Waals surface area contributed by atoms with Crippen molar-refractivity contribution >= 4 is 17.3 Å². The molecule has 5 heteroatoms. The minimum absolute atomic E-state index is 0.0437. The molecule has 0 aliphatic carbocycles. The smallest absolute Gasteiger partial charge is 0.170 e. The first kappa shape index (κ1) is 19.6. The van der Waals surface area contributed by atoms with Gasteiger partial charge in [0.25, 0.3) is 0 Å². The molecule has 1 aromatic carbocycles. The van der Waals surface area contributed by atoms with Crippen molar-refractivity contribution in [3.8, 4) is 5.69 Å². The fourth-order valence-electron chi connectivity index (χ4n) is 4.40. The highest BCUT2D eigenvalue weighted by Gasteiger charge is 2.40. The first-order valence-electron chi connectivity index (χ1n) is 10.2. The van der Waals surface area contributed by atoms with Crippen LogP contribution in [0.5, 0.6) is 0 Å². The van der Waals surface area contributed by atoms with E-state index in [4.69, 9.17) is 12.2 Å². The first-order chi connectivity index (χ1) is 14.0. The van der Waals surface area contributed by atoms with Gasteiger partial charge in [-0.2, -0.15) is 0 Å². The van der Waals surface area contributed by atoms with E-state index in [-0.39, 0.29) is 12.1 Å². The first-order valence-corrected chi connectivity index (χ1v) is 10.7. The Kier molecular flexibility index (Phi) is 5.41. The van der Waals surface area contributed by atoms with E-state index in [1.54, 1.807) is 0 Å². The second-order valence-corrected chi connectivity index (χ2v) is 8.20. The topological polar surface area (TPSA) is 33.1 Å². The van der Waals surface area contributed by atoms with Crippen LogP contribution in [-0.4, -0.2) is 26.1 Å². The predicted molar refractivity (Wildman–Crippen MR) is 122 cm³/mol. The van der Waals surface area contributed by atoms with Crippen LogP contribution >= 0.6 is 12.2 Å². The Hall–Kier alpha value is -2.66. The molecule has 29 heavy (non-hydrogen) atoms. The zero-order valence-electron chi connectivity index (χ0n) is 17.5. The average molecular weight is 405 g/mol. The van der Waals surface area contributed by atoms with Crippen LogP contribution in [0.25, 0.3) is 5.69 Å². The van der Waals surface area contributed by atoms with Gasteiger partial charge in [0, 0.05) is 29.8 Å². The summed E-state index contributed by atoms with van der Waals surface area (Å²) in [6, 6.07) is 17.3. The Labute approximate surface area is 178 Å². The molecule has 3 heterocycles. The monoisotopic (exact) mass is 404 g/mol. The summed E-state index contributed by atoms with van der Waals surface area (Å²) in [7, 11) is 0. The summed E-state index contributed by atoms with van der Waals surface area (Å²) in [5.74, 6) is 0. The van der Waals surface area contributed by atoms with E-state index in [9.17, 15) is 0 Å². The van der Waals surface area contributed by atoms with Crippen LogP contribution in [0.15, 0.2) is 54.7 Å². The lowest BCUT2D eigenvalue weighted by Crippen LogP contribution is -2.30. The number of aromatic nitrogens is 2. The number of nitrogens with one attached hydrogen (secondary N) is 1. The van der Waals surface area contributed by atoms with Crippen molar-refractivity contribution in [1.82, 2.24) is 19.8 Å². The van der Waals surface area contributed by atoms with Crippen LogP contribution in [0.3, 0.4) is 0 Å². The van der Waals surface area contributed by atoms with Gasteiger partial charge in [0.1, 0.15) is 0 Å². The fraction of sp³-hybridized carbons (Fsp3) is 0.333. The van der Waals surface area contributed by atoms with Gasteiger partial charge in [-0.15, -0.1) is 0 Å². The van der Waals surface area contributed by atoms with Crippen molar-refractivity contribution in [3.05, 3.63) is 82.9 Å². The molecule has 1 N–H and O–H groups in total. The minimum Gasteiger partial charge on any atom is -0.352 e. The second kappa shape index (κ2) is 7.99. The van der Waals surface area contributed by atoms with E-state index in [1.807, 2.05) is 18.3 Å². The van der Waals surface area contributed by atoms with E-state index in [0.29, 0.717) is 0 Å². The van der Waals surface area contributed by atoms with E-state index in [2.05, 4.69) is 83.9 Å².